The van der Waals surface area contributed by atoms with Crippen molar-refractivity contribution in [1.29, 1.82) is 0 Å². The summed E-state index contributed by atoms with van der Waals surface area (Å²) in [7, 11) is 0. The van der Waals surface area contributed by atoms with Crippen LogP contribution in [0.4, 0.5) is 0 Å². The van der Waals surface area contributed by atoms with E-state index in [1.165, 1.54) is 40.7 Å². The average molecular weight is 685 g/mol. The molecule has 270 valence electrons. The first kappa shape index (κ1) is 36.4. The van der Waals surface area contributed by atoms with E-state index in [4.69, 9.17) is 33.8 Å². The van der Waals surface area contributed by atoms with Crippen molar-refractivity contribution in [1.82, 2.24) is 0 Å². The first-order chi connectivity index (χ1) is 24.3. The molecule has 0 saturated heterocycles. The van der Waals surface area contributed by atoms with Crippen molar-refractivity contribution in [3.8, 4) is 17.2 Å². The third kappa shape index (κ3) is 8.39. The van der Waals surface area contributed by atoms with Crippen LogP contribution in [0.1, 0.15) is 106 Å². The van der Waals surface area contributed by atoms with Crippen LogP contribution in [0.3, 0.4) is 0 Å². The summed E-state index contributed by atoms with van der Waals surface area (Å²) in [5.74, 6) is 2.53. The minimum atomic E-state index is -0.542. The van der Waals surface area contributed by atoms with Gasteiger partial charge >= 0.3 is 0 Å². The van der Waals surface area contributed by atoms with E-state index in [0.717, 1.165) is 62.9 Å². The first-order valence-electron chi connectivity index (χ1n) is 18.7. The zero-order valence-corrected chi connectivity index (χ0v) is 30.5. The van der Waals surface area contributed by atoms with Gasteiger partial charge in [-0.1, -0.05) is 70.5 Å². The smallest absolute Gasteiger partial charge is 0.208 e. The Kier molecular flexibility index (Phi) is 12.2. The standard InChI is InChI=1S/C43H56O7/c1-6-27-45-46-29-14-8-7-13-28-44-33-21-23-34(24-22-33)50-47-30-43(5,42(2,3)4)41-48-37-25-19-31-15-9-11-17-35(31)39(37)40-36-18-12-10-16-32(36)20-26-38(40)49-41/h6,9,11,15,17,20-24,26,37,39,41H,1,7-8,10,12-14,16,18-19,25,27-30H2,2-5H3/t37-,39+,41?,43-/m1/s1. The molecule has 0 saturated carbocycles. The van der Waals surface area contributed by atoms with Crippen LogP contribution in [-0.4, -0.2) is 38.8 Å². The van der Waals surface area contributed by atoms with Gasteiger partial charge in [-0.3, -0.25) is 0 Å². The summed E-state index contributed by atoms with van der Waals surface area (Å²) in [5.41, 5.74) is 6.33. The first-order valence-corrected chi connectivity index (χ1v) is 18.7. The predicted molar refractivity (Wildman–Crippen MR) is 196 cm³/mol. The van der Waals surface area contributed by atoms with Gasteiger partial charge in [-0.2, -0.15) is 4.89 Å². The Morgan fingerprint density at radius 3 is 2.34 bits per heavy atom. The molecule has 7 heteroatoms. The summed E-state index contributed by atoms with van der Waals surface area (Å²) < 4.78 is 20.1. The maximum Gasteiger partial charge on any atom is 0.208 e. The van der Waals surface area contributed by atoms with Gasteiger partial charge in [-0.05, 0) is 116 Å². The van der Waals surface area contributed by atoms with Crippen LogP contribution in [0.5, 0.6) is 17.2 Å². The van der Waals surface area contributed by atoms with Gasteiger partial charge in [0.25, 0.3) is 0 Å². The molecule has 50 heavy (non-hydrogen) atoms. The summed E-state index contributed by atoms with van der Waals surface area (Å²) in [6.07, 6.45) is 11.9. The van der Waals surface area contributed by atoms with Crippen molar-refractivity contribution in [2.45, 2.75) is 110 Å². The molecule has 0 bridgehead atoms. The Balaban J connectivity index is 1.10. The number of unbranched alkanes of at least 4 members (excludes halogenated alkanes) is 3. The predicted octanol–water partition coefficient (Wildman–Crippen LogP) is 9.88. The molecule has 6 rings (SSSR count). The quantitative estimate of drug-likeness (QED) is 0.0644. The summed E-state index contributed by atoms with van der Waals surface area (Å²) in [5, 5.41) is 0. The third-order valence-electron chi connectivity index (χ3n) is 11.1. The van der Waals surface area contributed by atoms with Crippen LogP contribution in [0.15, 0.2) is 73.3 Å². The van der Waals surface area contributed by atoms with Crippen molar-refractivity contribution < 1.29 is 33.8 Å². The van der Waals surface area contributed by atoms with E-state index in [9.17, 15) is 0 Å². The van der Waals surface area contributed by atoms with Crippen molar-refractivity contribution in [3.05, 3.63) is 101 Å². The summed E-state index contributed by atoms with van der Waals surface area (Å²) in [6, 6.07) is 21.0. The lowest BCUT2D eigenvalue weighted by Crippen LogP contribution is -2.52. The highest BCUT2D eigenvalue weighted by Gasteiger charge is 2.52. The second-order valence-electron chi connectivity index (χ2n) is 15.3. The van der Waals surface area contributed by atoms with Gasteiger partial charge in [-0.25, -0.2) is 9.78 Å². The van der Waals surface area contributed by atoms with E-state index in [1.807, 2.05) is 24.3 Å². The molecule has 0 aromatic heterocycles. The zero-order valence-electron chi connectivity index (χ0n) is 30.5. The van der Waals surface area contributed by atoms with Gasteiger partial charge in [-0.15, -0.1) is 6.58 Å². The average Bonchev–Trinajstić information content (AvgIpc) is 3.30. The van der Waals surface area contributed by atoms with Crippen LogP contribution in [0.2, 0.25) is 0 Å². The van der Waals surface area contributed by atoms with Gasteiger partial charge < -0.3 is 19.1 Å². The van der Waals surface area contributed by atoms with Gasteiger partial charge in [0.15, 0.2) is 5.75 Å². The van der Waals surface area contributed by atoms with Crippen molar-refractivity contribution in [3.63, 3.8) is 0 Å². The molecule has 2 aliphatic carbocycles. The number of hydrogen-bond acceptors (Lipinski definition) is 7. The van der Waals surface area contributed by atoms with Crippen LogP contribution in [0, 0.1) is 10.8 Å². The molecule has 3 aromatic carbocycles. The summed E-state index contributed by atoms with van der Waals surface area (Å²) in [6.45, 7) is 14.5. The third-order valence-corrected chi connectivity index (χ3v) is 11.1. The second kappa shape index (κ2) is 16.8. The maximum absolute atomic E-state index is 7.15. The zero-order chi connectivity index (χ0) is 35.0. The fourth-order valence-electron chi connectivity index (χ4n) is 7.49. The fraction of sp³-hybridized carbons (Fsp3) is 0.535. The SMILES string of the molecule is C=CCOOCCCCCCOc1ccc(OOC[C@](C)(C2Oc3ccc4c(c3[C@H]3c5ccccc5CC[C@H]3O2)CCCC4)C(C)(C)C)cc1. The minimum Gasteiger partial charge on any atom is -0.494 e. The second-order valence-corrected chi connectivity index (χ2v) is 15.3. The van der Waals surface area contributed by atoms with Crippen molar-refractivity contribution in [2.75, 3.05) is 26.4 Å². The van der Waals surface area contributed by atoms with E-state index in [1.54, 1.807) is 6.08 Å². The van der Waals surface area contributed by atoms with E-state index < -0.39 is 11.7 Å². The van der Waals surface area contributed by atoms with Crippen LogP contribution < -0.4 is 14.4 Å². The number of fused-ring (bicyclic) bond motifs is 7. The summed E-state index contributed by atoms with van der Waals surface area (Å²) >= 11 is 0. The highest BCUT2D eigenvalue weighted by molar-refractivity contribution is 5.55. The highest BCUT2D eigenvalue weighted by Crippen LogP contribution is 2.52. The van der Waals surface area contributed by atoms with Crippen molar-refractivity contribution >= 4 is 0 Å². The molecule has 0 fully saturated rings. The van der Waals surface area contributed by atoms with Crippen LogP contribution in [0.25, 0.3) is 0 Å². The molecule has 0 radical (unpaired) electrons. The van der Waals surface area contributed by atoms with Gasteiger partial charge in [0, 0.05) is 11.5 Å². The van der Waals surface area contributed by atoms with E-state index in [0.29, 0.717) is 32.2 Å². The molecule has 3 aliphatic rings. The number of benzene rings is 3. The Bertz CT molecular complexity index is 1540. The van der Waals surface area contributed by atoms with Gasteiger partial charge in [0.1, 0.15) is 24.7 Å². The van der Waals surface area contributed by atoms with Gasteiger partial charge in [0.05, 0.1) is 24.7 Å². The largest absolute Gasteiger partial charge is 0.494 e. The van der Waals surface area contributed by atoms with Crippen molar-refractivity contribution in [2.24, 2.45) is 10.8 Å². The van der Waals surface area contributed by atoms with Crippen LogP contribution in [-0.2, 0) is 38.7 Å². The van der Waals surface area contributed by atoms with E-state index >= 15 is 0 Å². The molecule has 3 aromatic rings. The fourth-order valence-corrected chi connectivity index (χ4v) is 7.49. The van der Waals surface area contributed by atoms with Gasteiger partial charge in [0.2, 0.25) is 6.29 Å². The lowest BCUT2D eigenvalue weighted by Gasteiger charge is -2.46. The molecule has 0 N–H and O–H groups in total. The van der Waals surface area contributed by atoms with E-state index in [2.05, 4.69) is 70.7 Å². The number of hydrogen-bond donors (Lipinski definition) is 0. The normalized spacial score (nSPS) is 20.9. The highest BCUT2D eigenvalue weighted by atomic mass is 17.2. The molecule has 0 spiro atoms. The number of aryl methyl sites for hydroxylation is 2. The Labute approximate surface area is 299 Å². The number of ether oxygens (including phenoxy) is 3. The molecule has 1 heterocycles. The molecule has 0 amide bonds. The topological polar surface area (TPSA) is 64.6 Å². The summed E-state index contributed by atoms with van der Waals surface area (Å²) in [4.78, 5) is 22.0. The monoisotopic (exact) mass is 684 g/mol. The van der Waals surface area contributed by atoms with E-state index in [-0.39, 0.29) is 17.4 Å². The lowest BCUT2D eigenvalue weighted by molar-refractivity contribution is -0.286. The molecular weight excluding hydrogens is 628 g/mol. The minimum absolute atomic E-state index is 0.00993. The lowest BCUT2D eigenvalue weighted by atomic mass is 9.67. The molecule has 4 atom stereocenters. The molecule has 1 aliphatic heterocycles. The molecular formula is C43H56O7. The maximum atomic E-state index is 7.15. The van der Waals surface area contributed by atoms with Crippen LogP contribution >= 0.6 is 0 Å². The Morgan fingerprint density at radius 1 is 0.780 bits per heavy atom. The number of rotatable bonds is 16. The molecule has 7 nitrogen and oxygen atoms in total. The Morgan fingerprint density at radius 2 is 1.54 bits per heavy atom. The molecule has 1 unspecified atom stereocenters. The Hall–Kier alpha value is -3.36.